The molecule has 1 saturated heterocycles. The van der Waals surface area contributed by atoms with Gasteiger partial charge in [-0.3, -0.25) is 4.68 Å². The number of nitrogens with two attached hydrogens (primary N) is 1. The lowest BCUT2D eigenvalue weighted by Crippen LogP contribution is -2.52. The molecule has 0 aliphatic carbocycles. The van der Waals surface area contributed by atoms with E-state index in [2.05, 4.69) is 5.10 Å². The van der Waals surface area contributed by atoms with Crippen molar-refractivity contribution in [3.05, 3.63) is 12.4 Å². The number of hydrogen-bond donors (Lipinski definition) is 1. The third-order valence-corrected chi connectivity index (χ3v) is 4.24. The molecule has 1 amide bonds. The van der Waals surface area contributed by atoms with Gasteiger partial charge in [-0.1, -0.05) is 0 Å². The van der Waals surface area contributed by atoms with Gasteiger partial charge >= 0.3 is 13.2 Å². The van der Waals surface area contributed by atoms with Crippen molar-refractivity contribution in [1.82, 2.24) is 14.7 Å². The molecule has 0 radical (unpaired) electrons. The van der Waals surface area contributed by atoms with Gasteiger partial charge in [-0.05, 0) is 41.5 Å². The van der Waals surface area contributed by atoms with Gasteiger partial charge in [-0.15, -0.1) is 0 Å². The van der Waals surface area contributed by atoms with Gasteiger partial charge in [0.15, 0.2) is 0 Å². The molecule has 0 spiro atoms. The van der Waals surface area contributed by atoms with E-state index in [-0.39, 0.29) is 6.09 Å². The van der Waals surface area contributed by atoms with E-state index in [9.17, 15) is 4.79 Å². The third-order valence-electron chi connectivity index (χ3n) is 4.24. The predicted octanol–water partition coefficient (Wildman–Crippen LogP) is 0.945. The summed E-state index contributed by atoms with van der Waals surface area (Å²) in [5.74, 6) is 0. The van der Waals surface area contributed by atoms with E-state index in [1.54, 1.807) is 24.9 Å². The van der Waals surface area contributed by atoms with Crippen molar-refractivity contribution in [1.29, 1.82) is 0 Å². The summed E-state index contributed by atoms with van der Waals surface area (Å²) in [6.45, 7) is 12.1. The first kappa shape index (κ1) is 19.7. The van der Waals surface area contributed by atoms with E-state index in [1.807, 2.05) is 40.8 Å². The van der Waals surface area contributed by atoms with E-state index in [4.69, 9.17) is 19.8 Å². The highest BCUT2D eigenvalue weighted by molar-refractivity contribution is 6.61. The molecule has 25 heavy (non-hydrogen) atoms. The Bertz CT molecular complexity index is 608. The number of carbonyl (C=O) groups excluding carboxylic acids is 1. The minimum Gasteiger partial charge on any atom is -0.444 e. The van der Waals surface area contributed by atoms with Crippen molar-refractivity contribution in [2.75, 3.05) is 13.6 Å². The highest BCUT2D eigenvalue weighted by Gasteiger charge is 2.52. The van der Waals surface area contributed by atoms with Crippen molar-refractivity contribution in [3.8, 4) is 0 Å². The van der Waals surface area contributed by atoms with Crippen LogP contribution in [0.1, 0.15) is 41.5 Å². The molecule has 1 unspecified atom stereocenters. The van der Waals surface area contributed by atoms with Gasteiger partial charge in [0.25, 0.3) is 0 Å². The summed E-state index contributed by atoms with van der Waals surface area (Å²) in [6.07, 6.45) is 3.17. The number of hydrogen-bond acceptors (Lipinski definition) is 6. The zero-order valence-corrected chi connectivity index (χ0v) is 16.2. The maximum atomic E-state index is 12.0. The summed E-state index contributed by atoms with van der Waals surface area (Å²) >= 11 is 0. The van der Waals surface area contributed by atoms with Crippen LogP contribution in [0, 0.1) is 0 Å². The monoisotopic (exact) mass is 352 g/mol. The van der Waals surface area contributed by atoms with Gasteiger partial charge in [-0.2, -0.15) is 5.10 Å². The number of amides is 1. The fourth-order valence-corrected chi connectivity index (χ4v) is 2.22. The van der Waals surface area contributed by atoms with Crippen LogP contribution in [-0.2, 0) is 20.6 Å². The molecule has 8 nitrogen and oxygen atoms in total. The van der Waals surface area contributed by atoms with E-state index in [0.29, 0.717) is 13.1 Å². The smallest absolute Gasteiger partial charge is 0.444 e. The topological polar surface area (TPSA) is 91.8 Å². The number of aromatic nitrogens is 2. The molecule has 1 atom stereocenters. The predicted molar refractivity (Wildman–Crippen MR) is 95.3 cm³/mol. The van der Waals surface area contributed by atoms with E-state index in [0.717, 1.165) is 5.46 Å². The van der Waals surface area contributed by atoms with E-state index < -0.39 is 24.0 Å². The van der Waals surface area contributed by atoms with Crippen molar-refractivity contribution in [2.45, 2.75) is 65.0 Å². The van der Waals surface area contributed by atoms with Crippen LogP contribution in [0.2, 0.25) is 0 Å². The lowest BCUT2D eigenvalue weighted by atomic mass is 9.82. The van der Waals surface area contributed by atoms with Crippen molar-refractivity contribution in [3.63, 3.8) is 0 Å². The Morgan fingerprint density at radius 2 is 2.04 bits per heavy atom. The molecule has 140 valence electrons. The van der Waals surface area contributed by atoms with Crippen molar-refractivity contribution in [2.24, 2.45) is 5.73 Å². The molecule has 2 rings (SSSR count). The molecule has 0 aromatic carbocycles. The SMILES string of the molecule is CN(CCn1cc(B2OC(C)(C)C(C)(N)O2)cn1)C(=O)OC(C)(C)C. The van der Waals surface area contributed by atoms with Crippen molar-refractivity contribution >= 4 is 18.7 Å². The third kappa shape index (κ3) is 4.74. The van der Waals surface area contributed by atoms with Crippen LogP contribution < -0.4 is 11.2 Å². The molecule has 1 fully saturated rings. The Balaban J connectivity index is 1.91. The summed E-state index contributed by atoms with van der Waals surface area (Å²) in [4.78, 5) is 13.5. The molecular formula is C16H29BN4O4. The first-order valence-electron chi connectivity index (χ1n) is 8.42. The summed E-state index contributed by atoms with van der Waals surface area (Å²) < 4.78 is 18.8. The number of likely N-dealkylation sites (N-methyl/N-ethyl adjacent to an activating group) is 1. The van der Waals surface area contributed by atoms with Gasteiger partial charge in [0.05, 0.1) is 12.1 Å². The first-order valence-corrected chi connectivity index (χ1v) is 8.42. The summed E-state index contributed by atoms with van der Waals surface area (Å²) in [5.41, 5.74) is 4.94. The Labute approximate surface area is 149 Å². The fourth-order valence-electron chi connectivity index (χ4n) is 2.22. The number of rotatable bonds is 4. The second-order valence-electron chi connectivity index (χ2n) is 8.12. The minimum atomic E-state index is -0.878. The lowest BCUT2D eigenvalue weighted by Gasteiger charge is -2.31. The largest absolute Gasteiger partial charge is 0.499 e. The van der Waals surface area contributed by atoms with Crippen LogP contribution in [0.4, 0.5) is 4.79 Å². The summed E-state index contributed by atoms with van der Waals surface area (Å²) in [6, 6.07) is 0. The Kier molecular flexibility index (Phi) is 5.23. The molecule has 0 bridgehead atoms. The van der Waals surface area contributed by atoms with E-state index >= 15 is 0 Å². The van der Waals surface area contributed by atoms with Gasteiger partial charge in [0, 0.05) is 31.4 Å². The molecule has 1 aromatic heterocycles. The maximum absolute atomic E-state index is 12.0. The van der Waals surface area contributed by atoms with Gasteiger partial charge in [-0.25, -0.2) is 4.79 Å². The van der Waals surface area contributed by atoms with Gasteiger partial charge in [0.1, 0.15) is 11.3 Å². The second kappa shape index (κ2) is 6.62. The molecule has 2 N–H and O–H groups in total. The van der Waals surface area contributed by atoms with Gasteiger partial charge < -0.3 is 24.7 Å². The van der Waals surface area contributed by atoms with Crippen LogP contribution in [0.3, 0.4) is 0 Å². The highest BCUT2D eigenvalue weighted by atomic mass is 16.7. The first-order chi connectivity index (χ1) is 11.3. The Morgan fingerprint density at radius 1 is 1.40 bits per heavy atom. The number of ether oxygens (including phenoxy) is 1. The Morgan fingerprint density at radius 3 is 2.56 bits per heavy atom. The van der Waals surface area contributed by atoms with Crippen LogP contribution in [0.5, 0.6) is 0 Å². The molecule has 0 saturated carbocycles. The lowest BCUT2D eigenvalue weighted by molar-refractivity contribution is -0.00411. The maximum Gasteiger partial charge on any atom is 0.499 e. The fraction of sp³-hybridized carbons (Fsp3) is 0.750. The molecule has 2 heterocycles. The van der Waals surface area contributed by atoms with Gasteiger partial charge in [0.2, 0.25) is 0 Å². The standard InChI is InChI=1S/C16H29BN4O4/c1-14(2,3)23-13(22)20(7)8-9-21-11-12(10-19-21)17-24-15(4,5)16(6,18)25-17/h10-11H,8-9,18H2,1-7H3. The molecule has 1 aliphatic rings. The molecule has 1 aliphatic heterocycles. The average molecular weight is 352 g/mol. The van der Waals surface area contributed by atoms with Crippen LogP contribution >= 0.6 is 0 Å². The summed E-state index contributed by atoms with van der Waals surface area (Å²) in [5, 5.41) is 4.30. The molecular weight excluding hydrogens is 323 g/mol. The zero-order chi connectivity index (χ0) is 19.0. The van der Waals surface area contributed by atoms with E-state index in [1.165, 1.54) is 4.90 Å². The highest BCUT2D eigenvalue weighted by Crippen LogP contribution is 2.32. The minimum absolute atomic E-state index is 0.358. The zero-order valence-electron chi connectivity index (χ0n) is 16.2. The molecule has 1 aromatic rings. The normalized spacial score (nSPS) is 23.0. The molecule has 9 heteroatoms. The summed E-state index contributed by atoms with van der Waals surface area (Å²) in [7, 11) is 1.15. The quantitative estimate of drug-likeness (QED) is 0.811. The Hall–Kier alpha value is -1.58. The average Bonchev–Trinajstić information content (AvgIpc) is 2.97. The van der Waals surface area contributed by atoms with Crippen LogP contribution in [0.25, 0.3) is 0 Å². The van der Waals surface area contributed by atoms with Crippen LogP contribution in [0.15, 0.2) is 12.4 Å². The number of carbonyl (C=O) groups is 1. The number of nitrogens with zero attached hydrogens (tertiary/aromatic N) is 3. The van der Waals surface area contributed by atoms with Crippen molar-refractivity contribution < 1.29 is 18.8 Å². The van der Waals surface area contributed by atoms with Crippen LogP contribution in [-0.4, -0.2) is 58.4 Å². The second-order valence-corrected chi connectivity index (χ2v) is 8.12.